The van der Waals surface area contributed by atoms with Crippen molar-refractivity contribution in [2.45, 2.75) is 38.1 Å². The van der Waals surface area contributed by atoms with Crippen LogP contribution in [0.5, 0.6) is 11.5 Å². The SMILES string of the molecule is COc1cc(C(=O)C(=O)NC2CCCCC2)ccc1OCC(=O)Nc1cnc(Cl)c(Cl)c1. The van der Waals surface area contributed by atoms with Crippen LogP contribution in [-0.4, -0.2) is 42.3 Å². The van der Waals surface area contributed by atoms with Gasteiger partial charge in [-0.2, -0.15) is 0 Å². The van der Waals surface area contributed by atoms with Gasteiger partial charge >= 0.3 is 0 Å². The molecule has 8 nitrogen and oxygen atoms in total. The predicted molar refractivity (Wildman–Crippen MR) is 121 cm³/mol. The van der Waals surface area contributed by atoms with E-state index >= 15 is 0 Å². The molecule has 0 radical (unpaired) electrons. The summed E-state index contributed by atoms with van der Waals surface area (Å²) in [4.78, 5) is 40.8. The van der Waals surface area contributed by atoms with Gasteiger partial charge in [-0.25, -0.2) is 4.98 Å². The third-order valence-corrected chi connectivity index (χ3v) is 5.70. The minimum Gasteiger partial charge on any atom is -0.493 e. The number of anilines is 1. The second-order valence-corrected chi connectivity index (χ2v) is 8.10. The van der Waals surface area contributed by atoms with Gasteiger partial charge in [-0.1, -0.05) is 42.5 Å². The monoisotopic (exact) mass is 479 g/mol. The minimum atomic E-state index is -0.648. The Morgan fingerprint density at radius 2 is 1.84 bits per heavy atom. The van der Waals surface area contributed by atoms with Crippen LogP contribution in [0.2, 0.25) is 10.2 Å². The average Bonchev–Trinajstić information content (AvgIpc) is 2.80. The summed E-state index contributed by atoms with van der Waals surface area (Å²) in [7, 11) is 1.40. The number of amides is 2. The first-order valence-electron chi connectivity index (χ1n) is 10.1. The number of nitrogens with zero attached hydrogens (tertiary/aromatic N) is 1. The number of aromatic nitrogens is 1. The van der Waals surface area contributed by atoms with Crippen molar-refractivity contribution in [1.29, 1.82) is 0 Å². The van der Waals surface area contributed by atoms with Gasteiger partial charge in [-0.15, -0.1) is 0 Å². The van der Waals surface area contributed by atoms with Crippen LogP contribution in [0.3, 0.4) is 0 Å². The van der Waals surface area contributed by atoms with Crippen LogP contribution >= 0.6 is 23.2 Å². The summed E-state index contributed by atoms with van der Waals surface area (Å²) < 4.78 is 10.8. The van der Waals surface area contributed by atoms with Crippen LogP contribution in [0.4, 0.5) is 5.69 Å². The van der Waals surface area contributed by atoms with Gasteiger partial charge in [0.2, 0.25) is 5.78 Å². The van der Waals surface area contributed by atoms with E-state index in [0.717, 1.165) is 32.1 Å². The Bertz CT molecular complexity index is 1010. The molecule has 32 heavy (non-hydrogen) atoms. The Balaban J connectivity index is 1.59. The molecule has 0 atom stereocenters. The molecular weight excluding hydrogens is 457 g/mol. The number of methoxy groups -OCH3 is 1. The molecule has 2 aromatic rings. The molecule has 1 aliphatic rings. The van der Waals surface area contributed by atoms with Crippen molar-refractivity contribution in [3.63, 3.8) is 0 Å². The lowest BCUT2D eigenvalue weighted by Gasteiger charge is -2.22. The first kappa shape index (κ1) is 23.8. The van der Waals surface area contributed by atoms with Crippen LogP contribution in [0, 0.1) is 0 Å². The van der Waals surface area contributed by atoms with E-state index < -0.39 is 17.6 Å². The molecule has 1 heterocycles. The van der Waals surface area contributed by atoms with Gasteiger partial charge in [0.25, 0.3) is 11.8 Å². The standard InChI is InChI=1S/C22H23Cl2N3O5/c1-31-18-9-13(20(29)22(30)27-14-5-3-2-4-6-14)7-8-17(18)32-12-19(28)26-15-10-16(23)21(24)25-11-15/h7-11,14H,2-6,12H2,1H3,(H,26,28)(H,27,30). The number of pyridine rings is 1. The average molecular weight is 480 g/mol. The number of carbonyl (C=O) groups is 3. The van der Waals surface area contributed by atoms with E-state index in [0.29, 0.717) is 5.69 Å². The fourth-order valence-corrected chi connectivity index (χ4v) is 3.66. The van der Waals surface area contributed by atoms with Crippen molar-refractivity contribution in [2.24, 2.45) is 0 Å². The molecule has 1 fully saturated rings. The van der Waals surface area contributed by atoms with E-state index in [1.54, 1.807) is 0 Å². The van der Waals surface area contributed by atoms with E-state index in [-0.39, 0.29) is 39.9 Å². The Hall–Kier alpha value is -2.84. The second-order valence-electron chi connectivity index (χ2n) is 7.34. The zero-order valence-corrected chi connectivity index (χ0v) is 19.0. The fraction of sp³-hybridized carbons (Fsp3) is 0.364. The van der Waals surface area contributed by atoms with Crippen molar-refractivity contribution < 1.29 is 23.9 Å². The van der Waals surface area contributed by atoms with Crippen molar-refractivity contribution in [2.75, 3.05) is 19.0 Å². The van der Waals surface area contributed by atoms with Gasteiger partial charge in [0.1, 0.15) is 5.15 Å². The summed E-state index contributed by atoms with van der Waals surface area (Å²) in [6.45, 7) is -0.327. The molecule has 1 aromatic heterocycles. The molecule has 0 unspecified atom stereocenters. The molecule has 2 N–H and O–H groups in total. The van der Waals surface area contributed by atoms with Crippen LogP contribution in [-0.2, 0) is 9.59 Å². The van der Waals surface area contributed by atoms with E-state index in [4.69, 9.17) is 32.7 Å². The summed E-state index contributed by atoms with van der Waals surface area (Å²) in [5, 5.41) is 5.73. The lowest BCUT2D eigenvalue weighted by molar-refractivity contribution is -0.118. The van der Waals surface area contributed by atoms with E-state index in [1.807, 2.05) is 0 Å². The molecule has 0 bridgehead atoms. The first-order chi connectivity index (χ1) is 15.4. The first-order valence-corrected chi connectivity index (χ1v) is 10.9. The van der Waals surface area contributed by atoms with E-state index in [1.165, 1.54) is 37.6 Å². The molecule has 1 saturated carbocycles. The summed E-state index contributed by atoms with van der Waals surface area (Å²) >= 11 is 11.6. The number of hydrogen-bond acceptors (Lipinski definition) is 6. The van der Waals surface area contributed by atoms with Crippen molar-refractivity contribution in [3.05, 3.63) is 46.2 Å². The fourth-order valence-electron chi connectivity index (χ4n) is 3.39. The third-order valence-electron chi connectivity index (χ3n) is 5.01. The highest BCUT2D eigenvalue weighted by Crippen LogP contribution is 2.29. The van der Waals surface area contributed by atoms with Gasteiger partial charge in [-0.05, 0) is 37.1 Å². The summed E-state index contributed by atoms with van der Waals surface area (Å²) in [5.74, 6) is -1.27. The molecule has 3 rings (SSSR count). The van der Waals surface area contributed by atoms with Crippen LogP contribution in [0.15, 0.2) is 30.5 Å². The Labute approximate surface area is 195 Å². The number of ether oxygens (including phenoxy) is 2. The van der Waals surface area contributed by atoms with Gasteiger partial charge in [0, 0.05) is 11.6 Å². The second kappa shape index (κ2) is 11.2. The normalized spacial score (nSPS) is 13.8. The highest BCUT2D eigenvalue weighted by molar-refractivity contribution is 6.43. The maximum absolute atomic E-state index is 12.5. The van der Waals surface area contributed by atoms with Crippen LogP contribution in [0.1, 0.15) is 42.5 Å². The number of benzene rings is 1. The number of halogens is 2. The number of Topliss-reactive ketones (excluding diaryl/α,β-unsaturated/α-hetero) is 1. The molecule has 0 saturated heterocycles. The molecule has 0 spiro atoms. The zero-order valence-electron chi connectivity index (χ0n) is 17.5. The molecule has 170 valence electrons. The van der Waals surface area contributed by atoms with Gasteiger partial charge in [0.05, 0.1) is 24.0 Å². The Kier molecular flexibility index (Phi) is 8.30. The lowest BCUT2D eigenvalue weighted by Crippen LogP contribution is -2.40. The van der Waals surface area contributed by atoms with E-state index in [9.17, 15) is 14.4 Å². The van der Waals surface area contributed by atoms with Gasteiger partial charge in [0.15, 0.2) is 18.1 Å². The quantitative estimate of drug-likeness (QED) is 0.336. The lowest BCUT2D eigenvalue weighted by atomic mass is 9.95. The maximum Gasteiger partial charge on any atom is 0.292 e. The Morgan fingerprint density at radius 3 is 2.53 bits per heavy atom. The highest BCUT2D eigenvalue weighted by Gasteiger charge is 2.23. The number of carbonyl (C=O) groups excluding carboxylic acids is 3. The van der Waals surface area contributed by atoms with Crippen LogP contribution < -0.4 is 20.1 Å². The molecule has 0 aliphatic heterocycles. The van der Waals surface area contributed by atoms with Gasteiger partial charge in [-0.3, -0.25) is 14.4 Å². The number of ketones is 1. The van der Waals surface area contributed by atoms with Crippen molar-refractivity contribution >= 4 is 46.5 Å². The topological polar surface area (TPSA) is 107 Å². The summed E-state index contributed by atoms with van der Waals surface area (Å²) in [6, 6.07) is 5.86. The number of hydrogen-bond donors (Lipinski definition) is 2. The minimum absolute atomic E-state index is 0.0361. The largest absolute Gasteiger partial charge is 0.493 e. The predicted octanol–water partition coefficient (Wildman–Crippen LogP) is 4.05. The third kappa shape index (κ3) is 6.34. The van der Waals surface area contributed by atoms with Gasteiger partial charge < -0.3 is 20.1 Å². The van der Waals surface area contributed by atoms with Crippen molar-refractivity contribution in [1.82, 2.24) is 10.3 Å². The smallest absolute Gasteiger partial charge is 0.292 e. The molecular formula is C22H23Cl2N3O5. The molecule has 1 aromatic carbocycles. The van der Waals surface area contributed by atoms with E-state index in [2.05, 4.69) is 15.6 Å². The molecule has 1 aliphatic carbocycles. The van der Waals surface area contributed by atoms with Crippen LogP contribution in [0.25, 0.3) is 0 Å². The molecule has 2 amide bonds. The highest BCUT2D eigenvalue weighted by atomic mass is 35.5. The summed E-state index contributed by atoms with van der Waals surface area (Å²) in [5.41, 5.74) is 0.540. The number of rotatable bonds is 8. The maximum atomic E-state index is 12.5. The zero-order chi connectivity index (χ0) is 23.1. The summed E-state index contributed by atoms with van der Waals surface area (Å²) in [6.07, 6.45) is 6.39. The Morgan fingerprint density at radius 1 is 1.09 bits per heavy atom. The number of nitrogens with one attached hydrogen (secondary N) is 2. The van der Waals surface area contributed by atoms with Crippen molar-refractivity contribution in [3.8, 4) is 11.5 Å². The molecule has 10 heteroatoms.